The van der Waals surface area contributed by atoms with Gasteiger partial charge in [0, 0.05) is 24.1 Å². The lowest BCUT2D eigenvalue weighted by Crippen LogP contribution is -2.32. The van der Waals surface area contributed by atoms with E-state index in [1.165, 1.54) is 18.2 Å². The maximum Gasteiger partial charge on any atom is 0.270 e. The van der Waals surface area contributed by atoms with Crippen molar-refractivity contribution in [1.82, 2.24) is 5.32 Å². The Balaban J connectivity index is 1.82. The monoisotopic (exact) mass is 332 g/mol. The molecule has 0 aliphatic carbocycles. The number of carbonyl (C=O) groups excluding carboxylic acids is 1. The number of non-ortho nitro benzene ring substituents is 1. The van der Waals surface area contributed by atoms with Gasteiger partial charge in [-0.25, -0.2) is 0 Å². The number of hydrogen-bond donors (Lipinski definition) is 1. The number of rotatable bonds is 3. The minimum absolute atomic E-state index is 0.0528. The maximum atomic E-state index is 12.4. The number of nitro groups is 1. The Morgan fingerprint density at radius 1 is 1.30 bits per heavy atom. The second kappa shape index (κ2) is 6.26. The fourth-order valence-corrected chi connectivity index (χ4v) is 2.79. The lowest BCUT2D eigenvalue weighted by atomic mass is 10.00. The van der Waals surface area contributed by atoms with Gasteiger partial charge in [-0.3, -0.25) is 14.9 Å². The van der Waals surface area contributed by atoms with Gasteiger partial charge in [-0.1, -0.05) is 29.8 Å². The summed E-state index contributed by atoms with van der Waals surface area (Å²) in [4.78, 5) is 22.6. The number of fused-ring (bicyclic) bond motifs is 1. The first-order valence-corrected chi connectivity index (χ1v) is 7.40. The van der Waals surface area contributed by atoms with Gasteiger partial charge in [-0.15, -0.1) is 0 Å². The molecule has 0 fully saturated rings. The summed E-state index contributed by atoms with van der Waals surface area (Å²) in [5.41, 5.74) is 0.967. The first kappa shape index (κ1) is 15.3. The predicted octanol–water partition coefficient (Wildman–Crippen LogP) is 3.50. The number of benzene rings is 2. The van der Waals surface area contributed by atoms with Gasteiger partial charge >= 0.3 is 0 Å². The molecule has 0 saturated heterocycles. The molecule has 23 heavy (non-hydrogen) atoms. The number of para-hydroxylation sites is 1. The standard InChI is InChI=1S/C16H13ClN2O4/c17-13-9-10(19(21)22)5-6-11(13)16(20)18-14-7-8-23-15-4-2-1-3-12(14)15/h1-6,9,14H,7-8H2,(H,18,20). The van der Waals surface area contributed by atoms with Crippen LogP contribution < -0.4 is 10.1 Å². The molecule has 1 unspecified atom stereocenters. The SMILES string of the molecule is O=C(NC1CCOc2ccccc21)c1ccc([N+](=O)[O-])cc1Cl. The molecule has 0 radical (unpaired) electrons. The molecule has 0 bridgehead atoms. The summed E-state index contributed by atoms with van der Waals surface area (Å²) in [6.45, 7) is 0.510. The summed E-state index contributed by atoms with van der Waals surface area (Å²) in [7, 11) is 0. The van der Waals surface area contributed by atoms with E-state index in [4.69, 9.17) is 16.3 Å². The van der Waals surface area contributed by atoms with Crippen molar-refractivity contribution in [1.29, 1.82) is 0 Å². The van der Waals surface area contributed by atoms with E-state index < -0.39 is 4.92 Å². The Morgan fingerprint density at radius 3 is 2.83 bits per heavy atom. The van der Waals surface area contributed by atoms with Gasteiger partial charge in [-0.2, -0.15) is 0 Å². The van der Waals surface area contributed by atoms with Crippen LogP contribution in [-0.2, 0) is 0 Å². The molecule has 1 amide bonds. The first-order valence-electron chi connectivity index (χ1n) is 7.03. The van der Waals surface area contributed by atoms with Crippen LogP contribution in [0.2, 0.25) is 5.02 Å². The Kier molecular flexibility index (Phi) is 4.16. The molecule has 118 valence electrons. The number of carbonyl (C=O) groups is 1. The second-order valence-corrected chi connectivity index (χ2v) is 5.53. The molecule has 2 aromatic rings. The van der Waals surface area contributed by atoms with Gasteiger partial charge < -0.3 is 10.1 Å². The summed E-state index contributed by atoms with van der Waals surface area (Å²) >= 11 is 6.00. The van der Waals surface area contributed by atoms with Crippen molar-refractivity contribution in [2.45, 2.75) is 12.5 Å². The highest BCUT2D eigenvalue weighted by Gasteiger charge is 2.24. The topological polar surface area (TPSA) is 81.5 Å². The molecule has 0 spiro atoms. The number of nitro benzene ring substituents is 1. The van der Waals surface area contributed by atoms with Crippen LogP contribution in [0.3, 0.4) is 0 Å². The lowest BCUT2D eigenvalue weighted by molar-refractivity contribution is -0.384. The molecule has 0 saturated carbocycles. The summed E-state index contributed by atoms with van der Waals surface area (Å²) in [5, 5.41) is 13.7. The molecular weight excluding hydrogens is 320 g/mol. The number of nitrogens with zero attached hydrogens (tertiary/aromatic N) is 1. The lowest BCUT2D eigenvalue weighted by Gasteiger charge is -2.26. The van der Waals surface area contributed by atoms with E-state index in [1.807, 2.05) is 24.3 Å². The summed E-state index contributed by atoms with van der Waals surface area (Å²) in [5.74, 6) is 0.380. The molecule has 3 rings (SSSR count). The second-order valence-electron chi connectivity index (χ2n) is 5.12. The fourth-order valence-electron chi connectivity index (χ4n) is 2.53. The van der Waals surface area contributed by atoms with Gasteiger partial charge in [0.05, 0.1) is 28.2 Å². The Bertz CT molecular complexity index is 778. The van der Waals surface area contributed by atoms with Crippen LogP contribution >= 0.6 is 11.6 Å². The van der Waals surface area contributed by atoms with Gasteiger partial charge in [-0.05, 0) is 12.1 Å². The highest BCUT2D eigenvalue weighted by Crippen LogP contribution is 2.32. The minimum atomic E-state index is -0.553. The Hall–Kier alpha value is -2.60. The van der Waals surface area contributed by atoms with Crippen LogP contribution in [0.1, 0.15) is 28.4 Å². The highest BCUT2D eigenvalue weighted by atomic mass is 35.5. The van der Waals surface area contributed by atoms with Crippen molar-refractivity contribution in [2.24, 2.45) is 0 Å². The highest BCUT2D eigenvalue weighted by molar-refractivity contribution is 6.34. The molecule has 1 atom stereocenters. The molecule has 1 N–H and O–H groups in total. The van der Waals surface area contributed by atoms with E-state index in [1.54, 1.807) is 0 Å². The van der Waals surface area contributed by atoms with Gasteiger partial charge in [0.1, 0.15) is 5.75 Å². The zero-order valence-electron chi connectivity index (χ0n) is 12.0. The van der Waals surface area contributed by atoms with Crippen molar-refractivity contribution in [2.75, 3.05) is 6.61 Å². The van der Waals surface area contributed by atoms with Crippen LogP contribution in [-0.4, -0.2) is 17.4 Å². The third-order valence-electron chi connectivity index (χ3n) is 3.67. The van der Waals surface area contributed by atoms with Crippen LogP contribution in [0.5, 0.6) is 5.75 Å². The van der Waals surface area contributed by atoms with Crippen molar-refractivity contribution in [3.05, 3.63) is 68.7 Å². The van der Waals surface area contributed by atoms with Crippen molar-refractivity contribution in [3.63, 3.8) is 0 Å². The van der Waals surface area contributed by atoms with E-state index in [0.29, 0.717) is 13.0 Å². The van der Waals surface area contributed by atoms with Crippen LogP contribution in [0, 0.1) is 10.1 Å². The number of halogens is 1. The number of hydrogen-bond acceptors (Lipinski definition) is 4. The van der Waals surface area contributed by atoms with Gasteiger partial charge in [0.15, 0.2) is 0 Å². The third-order valence-corrected chi connectivity index (χ3v) is 3.98. The first-order chi connectivity index (χ1) is 11.1. The molecule has 6 nitrogen and oxygen atoms in total. The quantitative estimate of drug-likeness (QED) is 0.689. The van der Waals surface area contributed by atoms with Crippen LogP contribution in [0.15, 0.2) is 42.5 Å². The molecule has 1 aliphatic rings. The maximum absolute atomic E-state index is 12.4. The molecule has 1 heterocycles. The molecular formula is C16H13ClN2O4. The summed E-state index contributed by atoms with van der Waals surface area (Å²) in [6, 6.07) is 11.1. The van der Waals surface area contributed by atoms with E-state index in [2.05, 4.69) is 5.32 Å². The number of nitrogens with one attached hydrogen (secondary N) is 1. The smallest absolute Gasteiger partial charge is 0.270 e. The largest absolute Gasteiger partial charge is 0.493 e. The Labute approximate surface area is 137 Å². The summed E-state index contributed by atoms with van der Waals surface area (Å²) < 4.78 is 5.55. The predicted molar refractivity (Wildman–Crippen MR) is 84.9 cm³/mol. The molecule has 0 aromatic heterocycles. The normalized spacial score (nSPS) is 16.1. The molecule has 2 aromatic carbocycles. The van der Waals surface area contributed by atoms with Crippen molar-refractivity contribution < 1.29 is 14.5 Å². The van der Waals surface area contributed by atoms with Crippen LogP contribution in [0.4, 0.5) is 5.69 Å². The van der Waals surface area contributed by atoms with Crippen molar-refractivity contribution in [3.8, 4) is 5.75 Å². The zero-order valence-corrected chi connectivity index (χ0v) is 12.7. The zero-order chi connectivity index (χ0) is 16.4. The van der Waals surface area contributed by atoms with Crippen molar-refractivity contribution >= 4 is 23.2 Å². The fraction of sp³-hybridized carbons (Fsp3) is 0.188. The van der Waals surface area contributed by atoms with E-state index in [-0.39, 0.29) is 28.2 Å². The van der Waals surface area contributed by atoms with Crippen LogP contribution in [0.25, 0.3) is 0 Å². The Morgan fingerprint density at radius 2 is 2.09 bits per heavy atom. The van der Waals surface area contributed by atoms with Gasteiger partial charge in [0.25, 0.3) is 11.6 Å². The van der Waals surface area contributed by atoms with E-state index in [9.17, 15) is 14.9 Å². The average Bonchev–Trinajstić information content (AvgIpc) is 2.55. The van der Waals surface area contributed by atoms with E-state index in [0.717, 1.165) is 11.3 Å². The third kappa shape index (κ3) is 3.12. The molecule has 1 aliphatic heterocycles. The number of ether oxygens (including phenoxy) is 1. The molecule has 7 heteroatoms. The minimum Gasteiger partial charge on any atom is -0.493 e. The van der Waals surface area contributed by atoms with Gasteiger partial charge in [0.2, 0.25) is 0 Å². The number of amides is 1. The average molecular weight is 333 g/mol. The summed E-state index contributed by atoms with van der Waals surface area (Å²) in [6.07, 6.45) is 0.646. The van der Waals surface area contributed by atoms with E-state index >= 15 is 0 Å².